The Labute approximate surface area is 112 Å². The quantitative estimate of drug-likeness (QED) is 0.885. The van der Waals surface area contributed by atoms with Gasteiger partial charge in [-0.15, -0.1) is 0 Å². The molecule has 1 aromatic rings. The van der Waals surface area contributed by atoms with Crippen molar-refractivity contribution in [1.29, 1.82) is 0 Å². The molecule has 2 aliphatic rings. The van der Waals surface area contributed by atoms with E-state index in [9.17, 15) is 4.79 Å². The smallest absolute Gasteiger partial charge is 0.338 e. The van der Waals surface area contributed by atoms with Crippen molar-refractivity contribution in [2.45, 2.75) is 44.6 Å². The molecule has 3 rings (SSSR count). The van der Waals surface area contributed by atoms with Crippen molar-refractivity contribution in [1.82, 2.24) is 9.97 Å². The van der Waals surface area contributed by atoms with Gasteiger partial charge in [0.1, 0.15) is 0 Å². The number of anilines is 1. The Bertz CT molecular complexity index is 458. The van der Waals surface area contributed by atoms with E-state index in [1.807, 2.05) is 0 Å². The first kappa shape index (κ1) is 12.4. The molecule has 102 valence electrons. The SMILES string of the molecule is O=C(O)c1cnc(N2CCC[C@H]3CCCC[C@H]32)nc1. The fourth-order valence-electron chi connectivity index (χ4n) is 3.45. The van der Waals surface area contributed by atoms with Crippen LogP contribution in [0, 0.1) is 5.92 Å². The molecule has 0 amide bonds. The van der Waals surface area contributed by atoms with Gasteiger partial charge in [-0.25, -0.2) is 14.8 Å². The van der Waals surface area contributed by atoms with E-state index >= 15 is 0 Å². The number of nitrogens with zero attached hydrogens (tertiary/aromatic N) is 3. The van der Waals surface area contributed by atoms with Crippen LogP contribution in [0.2, 0.25) is 0 Å². The van der Waals surface area contributed by atoms with Crippen LogP contribution in [0.1, 0.15) is 48.9 Å². The normalized spacial score (nSPS) is 26.8. The van der Waals surface area contributed by atoms with Crippen LogP contribution < -0.4 is 4.90 Å². The van der Waals surface area contributed by atoms with Crippen LogP contribution in [0.3, 0.4) is 0 Å². The van der Waals surface area contributed by atoms with Gasteiger partial charge < -0.3 is 10.0 Å². The van der Waals surface area contributed by atoms with Crippen LogP contribution in [-0.2, 0) is 0 Å². The first-order valence-corrected chi connectivity index (χ1v) is 7.07. The summed E-state index contributed by atoms with van der Waals surface area (Å²) in [7, 11) is 0. The molecule has 5 heteroatoms. The Kier molecular flexibility index (Phi) is 3.36. The molecule has 0 spiro atoms. The molecule has 2 heterocycles. The van der Waals surface area contributed by atoms with Crippen molar-refractivity contribution < 1.29 is 9.90 Å². The van der Waals surface area contributed by atoms with E-state index < -0.39 is 5.97 Å². The lowest BCUT2D eigenvalue weighted by Gasteiger charge is -2.44. The van der Waals surface area contributed by atoms with Gasteiger partial charge in [-0.3, -0.25) is 0 Å². The van der Waals surface area contributed by atoms with E-state index in [1.165, 1.54) is 50.9 Å². The second-order valence-electron chi connectivity index (χ2n) is 5.52. The lowest BCUT2D eigenvalue weighted by Crippen LogP contribution is -2.47. The lowest BCUT2D eigenvalue weighted by molar-refractivity contribution is 0.0696. The third-order valence-corrected chi connectivity index (χ3v) is 4.39. The van der Waals surface area contributed by atoms with Crippen LogP contribution in [0.5, 0.6) is 0 Å². The molecule has 0 bridgehead atoms. The maximum Gasteiger partial charge on any atom is 0.338 e. The van der Waals surface area contributed by atoms with Gasteiger partial charge in [0.25, 0.3) is 0 Å². The third kappa shape index (κ3) is 2.41. The molecule has 5 nitrogen and oxygen atoms in total. The lowest BCUT2D eigenvalue weighted by atomic mass is 9.78. The van der Waals surface area contributed by atoms with Crippen molar-refractivity contribution in [2.24, 2.45) is 5.92 Å². The number of rotatable bonds is 2. The van der Waals surface area contributed by atoms with Crippen LogP contribution in [-0.4, -0.2) is 33.6 Å². The molecule has 19 heavy (non-hydrogen) atoms. The standard InChI is InChI=1S/C14H19N3O2/c18-13(19)11-8-15-14(16-9-11)17-7-3-5-10-4-1-2-6-12(10)17/h8-10,12H,1-7H2,(H,18,19)/t10-,12-/m1/s1. The summed E-state index contributed by atoms with van der Waals surface area (Å²) in [4.78, 5) is 21.6. The molecular weight excluding hydrogens is 242 g/mol. The summed E-state index contributed by atoms with van der Waals surface area (Å²) in [5, 5.41) is 8.88. The molecule has 1 saturated heterocycles. The molecule has 2 fully saturated rings. The Morgan fingerprint density at radius 3 is 2.58 bits per heavy atom. The van der Waals surface area contributed by atoms with E-state index in [0.717, 1.165) is 12.5 Å². The molecule has 0 radical (unpaired) electrons. The highest BCUT2D eigenvalue weighted by Crippen LogP contribution is 2.36. The Hall–Kier alpha value is -1.65. The highest BCUT2D eigenvalue weighted by molar-refractivity contribution is 5.86. The van der Waals surface area contributed by atoms with Crippen molar-refractivity contribution in [3.63, 3.8) is 0 Å². The van der Waals surface area contributed by atoms with Gasteiger partial charge in [0.05, 0.1) is 5.56 Å². The van der Waals surface area contributed by atoms with Gasteiger partial charge in [-0.2, -0.15) is 0 Å². The van der Waals surface area contributed by atoms with E-state index in [4.69, 9.17) is 5.11 Å². The minimum Gasteiger partial charge on any atom is -0.478 e. The number of piperidine rings is 1. The zero-order valence-electron chi connectivity index (χ0n) is 11.0. The van der Waals surface area contributed by atoms with Crippen LogP contribution in [0.15, 0.2) is 12.4 Å². The van der Waals surface area contributed by atoms with E-state index in [-0.39, 0.29) is 5.56 Å². The fraction of sp³-hybridized carbons (Fsp3) is 0.643. The average molecular weight is 261 g/mol. The molecule has 0 aromatic carbocycles. The maximum absolute atomic E-state index is 10.8. The molecule has 1 aromatic heterocycles. The Morgan fingerprint density at radius 1 is 1.16 bits per heavy atom. The molecule has 2 atom stereocenters. The summed E-state index contributed by atoms with van der Waals surface area (Å²) >= 11 is 0. The number of carbonyl (C=O) groups is 1. The van der Waals surface area contributed by atoms with Gasteiger partial charge in [-0.1, -0.05) is 12.8 Å². The summed E-state index contributed by atoms with van der Waals surface area (Å²) in [6, 6.07) is 0.554. The number of aromatic nitrogens is 2. The zero-order chi connectivity index (χ0) is 13.2. The van der Waals surface area contributed by atoms with Gasteiger partial charge >= 0.3 is 5.97 Å². The Balaban J connectivity index is 1.81. The van der Waals surface area contributed by atoms with Crippen LogP contribution in [0.4, 0.5) is 5.95 Å². The molecular formula is C14H19N3O2. The van der Waals surface area contributed by atoms with Gasteiger partial charge in [0.15, 0.2) is 0 Å². The topological polar surface area (TPSA) is 66.3 Å². The van der Waals surface area contributed by atoms with Crippen molar-refractivity contribution >= 4 is 11.9 Å². The third-order valence-electron chi connectivity index (χ3n) is 4.39. The predicted molar refractivity (Wildman–Crippen MR) is 71.3 cm³/mol. The highest BCUT2D eigenvalue weighted by Gasteiger charge is 2.34. The first-order valence-electron chi connectivity index (χ1n) is 7.07. The number of hydrogen-bond donors (Lipinski definition) is 1. The molecule has 0 unspecified atom stereocenters. The minimum atomic E-state index is -0.972. The van der Waals surface area contributed by atoms with Crippen LogP contribution >= 0.6 is 0 Å². The number of aromatic carboxylic acids is 1. The number of carboxylic acid groups (broad SMARTS) is 1. The van der Waals surface area contributed by atoms with Gasteiger partial charge in [0, 0.05) is 25.0 Å². The summed E-state index contributed by atoms with van der Waals surface area (Å²) in [6.07, 6.45) is 10.5. The second kappa shape index (κ2) is 5.15. The first-order chi connectivity index (χ1) is 9.25. The summed E-state index contributed by atoms with van der Waals surface area (Å²) in [5.41, 5.74) is 0.154. The van der Waals surface area contributed by atoms with Crippen molar-refractivity contribution in [2.75, 3.05) is 11.4 Å². The fourth-order valence-corrected chi connectivity index (χ4v) is 3.45. The van der Waals surface area contributed by atoms with Gasteiger partial charge in [0.2, 0.25) is 5.95 Å². The second-order valence-corrected chi connectivity index (χ2v) is 5.52. The molecule has 1 aliphatic heterocycles. The summed E-state index contributed by atoms with van der Waals surface area (Å²) in [6.45, 7) is 0.994. The minimum absolute atomic E-state index is 0.154. The zero-order valence-corrected chi connectivity index (χ0v) is 11.0. The van der Waals surface area contributed by atoms with Gasteiger partial charge in [-0.05, 0) is 31.6 Å². The number of carboxylic acids is 1. The number of hydrogen-bond acceptors (Lipinski definition) is 4. The van der Waals surface area contributed by atoms with Crippen molar-refractivity contribution in [3.05, 3.63) is 18.0 Å². The average Bonchev–Trinajstić information content (AvgIpc) is 2.47. The maximum atomic E-state index is 10.8. The summed E-state index contributed by atoms with van der Waals surface area (Å²) < 4.78 is 0. The van der Waals surface area contributed by atoms with E-state index in [2.05, 4.69) is 14.9 Å². The molecule has 1 aliphatic carbocycles. The van der Waals surface area contributed by atoms with E-state index in [1.54, 1.807) is 0 Å². The molecule has 1 saturated carbocycles. The summed E-state index contributed by atoms with van der Waals surface area (Å²) in [5.74, 6) is 0.493. The molecule has 1 N–H and O–H groups in total. The predicted octanol–water partition coefficient (Wildman–Crippen LogP) is 2.33. The van der Waals surface area contributed by atoms with Crippen molar-refractivity contribution in [3.8, 4) is 0 Å². The van der Waals surface area contributed by atoms with Crippen LogP contribution in [0.25, 0.3) is 0 Å². The highest BCUT2D eigenvalue weighted by atomic mass is 16.4. The number of fused-ring (bicyclic) bond motifs is 1. The van der Waals surface area contributed by atoms with E-state index in [0.29, 0.717) is 12.0 Å². The monoisotopic (exact) mass is 261 g/mol. The Morgan fingerprint density at radius 2 is 1.84 bits per heavy atom. The largest absolute Gasteiger partial charge is 0.478 e.